The Morgan fingerprint density at radius 1 is 1.21 bits per heavy atom. The minimum Gasteiger partial charge on any atom is -0.454 e. The molecule has 1 aliphatic rings. The number of amides is 1. The fraction of sp³-hybridized carbons (Fsp3) is 0.188. The van der Waals surface area contributed by atoms with Crippen LogP contribution in [-0.2, 0) is 12.7 Å². The van der Waals surface area contributed by atoms with Crippen LogP contribution >= 0.6 is 11.6 Å². The first-order valence-electron chi connectivity index (χ1n) is 6.88. The van der Waals surface area contributed by atoms with E-state index in [4.69, 9.17) is 21.1 Å². The molecule has 3 rings (SSSR count). The third kappa shape index (κ3) is 3.41. The molecular formula is C16H11ClF3NO3. The number of ether oxygens (including phenoxy) is 2. The van der Waals surface area contributed by atoms with Crippen molar-refractivity contribution in [1.29, 1.82) is 0 Å². The minimum absolute atomic E-state index is 0.0182. The van der Waals surface area contributed by atoms with Crippen LogP contribution in [0.15, 0.2) is 36.4 Å². The Labute approximate surface area is 140 Å². The minimum atomic E-state index is -4.43. The molecule has 1 aliphatic heterocycles. The second kappa shape index (κ2) is 6.24. The van der Waals surface area contributed by atoms with Gasteiger partial charge in [0.1, 0.15) is 0 Å². The summed E-state index contributed by atoms with van der Waals surface area (Å²) in [5.74, 6) is 0.241. The molecule has 2 aromatic carbocycles. The first kappa shape index (κ1) is 16.4. The van der Waals surface area contributed by atoms with E-state index in [0.717, 1.165) is 12.1 Å². The van der Waals surface area contributed by atoms with Crippen molar-refractivity contribution in [1.82, 2.24) is 5.32 Å². The normalized spacial score (nSPS) is 13.0. The Kier molecular flexibility index (Phi) is 4.28. The van der Waals surface area contributed by atoms with Crippen LogP contribution in [0.2, 0.25) is 5.02 Å². The lowest BCUT2D eigenvalue weighted by Crippen LogP contribution is -2.23. The van der Waals surface area contributed by atoms with Gasteiger partial charge in [-0.05, 0) is 29.8 Å². The zero-order chi connectivity index (χ0) is 17.3. The third-order valence-corrected chi connectivity index (χ3v) is 3.68. The summed E-state index contributed by atoms with van der Waals surface area (Å²) in [7, 11) is 0. The van der Waals surface area contributed by atoms with Crippen LogP contribution in [0.4, 0.5) is 13.2 Å². The molecule has 1 N–H and O–H groups in total. The summed E-state index contributed by atoms with van der Waals surface area (Å²) in [6.07, 6.45) is -4.43. The summed E-state index contributed by atoms with van der Waals surface area (Å²) >= 11 is 6.00. The molecule has 4 nitrogen and oxygen atoms in total. The zero-order valence-corrected chi connectivity index (χ0v) is 12.9. The van der Waals surface area contributed by atoms with Gasteiger partial charge in [0.15, 0.2) is 11.5 Å². The summed E-state index contributed by atoms with van der Waals surface area (Å²) in [5.41, 5.74) is -0.193. The van der Waals surface area contributed by atoms with Crippen LogP contribution in [-0.4, -0.2) is 12.7 Å². The molecule has 0 aromatic heterocycles. The first-order chi connectivity index (χ1) is 11.3. The van der Waals surface area contributed by atoms with Crippen LogP contribution in [0.1, 0.15) is 21.5 Å². The van der Waals surface area contributed by atoms with E-state index < -0.39 is 17.6 Å². The summed E-state index contributed by atoms with van der Waals surface area (Å²) in [6, 6.07) is 7.64. The van der Waals surface area contributed by atoms with E-state index in [9.17, 15) is 18.0 Å². The maximum atomic E-state index is 12.7. The quantitative estimate of drug-likeness (QED) is 0.902. The lowest BCUT2D eigenvalue weighted by atomic mass is 10.1. The number of carbonyl (C=O) groups is 1. The number of benzene rings is 2. The lowest BCUT2D eigenvalue weighted by molar-refractivity contribution is -0.137. The van der Waals surface area contributed by atoms with E-state index in [-0.39, 0.29) is 23.9 Å². The molecule has 1 heterocycles. The van der Waals surface area contributed by atoms with E-state index in [0.29, 0.717) is 17.1 Å². The summed E-state index contributed by atoms with van der Waals surface area (Å²) < 4.78 is 48.3. The second-order valence-corrected chi connectivity index (χ2v) is 5.48. The van der Waals surface area contributed by atoms with Gasteiger partial charge in [0.05, 0.1) is 10.6 Å². The van der Waals surface area contributed by atoms with Gasteiger partial charge in [0.25, 0.3) is 5.91 Å². The summed E-state index contributed by atoms with van der Waals surface area (Å²) in [5, 5.41) is 2.78. The molecule has 24 heavy (non-hydrogen) atoms. The van der Waals surface area contributed by atoms with Gasteiger partial charge in [-0.25, -0.2) is 0 Å². The number of hydrogen-bond acceptors (Lipinski definition) is 3. The molecule has 0 atom stereocenters. The van der Waals surface area contributed by atoms with Gasteiger partial charge < -0.3 is 14.8 Å². The average Bonchev–Trinajstić information content (AvgIpc) is 3.01. The number of alkyl halides is 3. The molecule has 0 spiro atoms. The fourth-order valence-corrected chi connectivity index (χ4v) is 2.51. The molecule has 0 aliphatic carbocycles. The van der Waals surface area contributed by atoms with Gasteiger partial charge in [0, 0.05) is 12.1 Å². The van der Waals surface area contributed by atoms with E-state index in [1.807, 2.05) is 0 Å². The molecule has 1 amide bonds. The van der Waals surface area contributed by atoms with Crippen LogP contribution in [0, 0.1) is 0 Å². The van der Waals surface area contributed by atoms with Gasteiger partial charge in [-0.3, -0.25) is 4.79 Å². The number of nitrogens with one attached hydrogen (secondary N) is 1. The largest absolute Gasteiger partial charge is 0.454 e. The number of carbonyl (C=O) groups excluding carboxylic acids is 1. The maximum absolute atomic E-state index is 12.7. The van der Waals surface area contributed by atoms with Crippen molar-refractivity contribution >= 4 is 17.5 Å². The van der Waals surface area contributed by atoms with Crippen molar-refractivity contribution < 1.29 is 27.4 Å². The number of hydrogen-bond donors (Lipinski definition) is 1. The fourth-order valence-electron chi connectivity index (χ4n) is 2.24. The Hall–Kier alpha value is -2.41. The summed E-state index contributed by atoms with van der Waals surface area (Å²) in [6.45, 7) is -0.0286. The zero-order valence-electron chi connectivity index (χ0n) is 12.1. The molecule has 0 unspecified atom stereocenters. The van der Waals surface area contributed by atoms with E-state index in [1.54, 1.807) is 0 Å². The Bertz CT molecular complexity index is 793. The summed E-state index contributed by atoms with van der Waals surface area (Å²) in [4.78, 5) is 12.2. The topological polar surface area (TPSA) is 47.6 Å². The SMILES string of the molecule is O=C(NCc1cccc(C(F)(F)F)c1)c1cc(Cl)c2c(c1)OCO2. The third-order valence-electron chi connectivity index (χ3n) is 3.40. The first-order valence-corrected chi connectivity index (χ1v) is 7.26. The Morgan fingerprint density at radius 2 is 2.00 bits per heavy atom. The highest BCUT2D eigenvalue weighted by molar-refractivity contribution is 6.32. The molecule has 126 valence electrons. The molecule has 0 radical (unpaired) electrons. The van der Waals surface area contributed by atoms with Crippen molar-refractivity contribution in [3.63, 3.8) is 0 Å². The average molecular weight is 358 g/mol. The second-order valence-electron chi connectivity index (χ2n) is 5.07. The van der Waals surface area contributed by atoms with Crippen LogP contribution < -0.4 is 14.8 Å². The van der Waals surface area contributed by atoms with Gasteiger partial charge in [-0.1, -0.05) is 23.7 Å². The van der Waals surface area contributed by atoms with Gasteiger partial charge in [-0.15, -0.1) is 0 Å². The molecule has 8 heteroatoms. The number of halogens is 4. The molecule has 0 saturated carbocycles. The van der Waals surface area contributed by atoms with Gasteiger partial charge >= 0.3 is 6.18 Å². The van der Waals surface area contributed by atoms with Crippen molar-refractivity contribution in [3.05, 3.63) is 58.1 Å². The van der Waals surface area contributed by atoms with Gasteiger partial charge in [0.2, 0.25) is 6.79 Å². The van der Waals surface area contributed by atoms with E-state index >= 15 is 0 Å². The Balaban J connectivity index is 1.71. The van der Waals surface area contributed by atoms with Crippen molar-refractivity contribution in [2.75, 3.05) is 6.79 Å². The van der Waals surface area contributed by atoms with E-state index in [1.165, 1.54) is 24.3 Å². The highest BCUT2D eigenvalue weighted by Crippen LogP contribution is 2.39. The van der Waals surface area contributed by atoms with Crippen molar-refractivity contribution in [2.24, 2.45) is 0 Å². The molecular weight excluding hydrogens is 347 g/mol. The predicted octanol–water partition coefficient (Wildman–Crippen LogP) is 4.02. The monoisotopic (exact) mass is 357 g/mol. The molecule has 0 fully saturated rings. The van der Waals surface area contributed by atoms with Crippen LogP contribution in [0.25, 0.3) is 0 Å². The maximum Gasteiger partial charge on any atom is 0.416 e. The molecule has 0 saturated heterocycles. The highest BCUT2D eigenvalue weighted by Gasteiger charge is 2.30. The number of fused-ring (bicyclic) bond motifs is 1. The van der Waals surface area contributed by atoms with Crippen molar-refractivity contribution in [3.8, 4) is 11.5 Å². The lowest BCUT2D eigenvalue weighted by Gasteiger charge is -2.10. The number of rotatable bonds is 3. The van der Waals surface area contributed by atoms with Crippen molar-refractivity contribution in [2.45, 2.75) is 12.7 Å². The standard InChI is InChI=1S/C16H11ClF3NO3/c17-12-5-10(6-13-14(12)24-8-23-13)15(22)21-7-9-2-1-3-11(4-9)16(18,19)20/h1-6H,7-8H2,(H,21,22). The highest BCUT2D eigenvalue weighted by atomic mass is 35.5. The van der Waals surface area contributed by atoms with Crippen LogP contribution in [0.3, 0.4) is 0 Å². The molecule has 2 aromatic rings. The van der Waals surface area contributed by atoms with Crippen LogP contribution in [0.5, 0.6) is 11.5 Å². The molecule has 0 bridgehead atoms. The van der Waals surface area contributed by atoms with Gasteiger partial charge in [-0.2, -0.15) is 13.2 Å². The van der Waals surface area contributed by atoms with E-state index in [2.05, 4.69) is 5.32 Å². The smallest absolute Gasteiger partial charge is 0.416 e. The predicted molar refractivity (Wildman–Crippen MR) is 80.2 cm³/mol. The Morgan fingerprint density at radius 3 is 2.75 bits per heavy atom.